The summed E-state index contributed by atoms with van der Waals surface area (Å²) < 4.78 is 26.3. The number of hydrogen-bond acceptors (Lipinski definition) is 7. The number of hydrogen-bond donors (Lipinski definition) is 1. The Kier molecular flexibility index (Phi) is 7.48. The van der Waals surface area contributed by atoms with Crippen LogP contribution < -0.4 is 14.4 Å². The second kappa shape index (κ2) is 10.0. The van der Waals surface area contributed by atoms with E-state index >= 15 is 0 Å². The SMILES string of the molecule is COc1cc2ncnc(N3CCCC(CCCO[PH](=O)O)CC3)c2cc1OC. The molecule has 2 unspecified atom stereocenters. The predicted molar refractivity (Wildman–Crippen MR) is 109 cm³/mol. The van der Waals surface area contributed by atoms with Crippen LogP contribution in [0, 0.1) is 5.92 Å². The summed E-state index contributed by atoms with van der Waals surface area (Å²) in [5, 5.41) is 0.958. The molecule has 1 aliphatic rings. The van der Waals surface area contributed by atoms with Crippen molar-refractivity contribution in [3.05, 3.63) is 18.5 Å². The lowest BCUT2D eigenvalue weighted by atomic mass is 9.95. The van der Waals surface area contributed by atoms with Crippen molar-refractivity contribution in [2.75, 3.05) is 38.8 Å². The van der Waals surface area contributed by atoms with Crippen LogP contribution in [0.15, 0.2) is 18.5 Å². The summed E-state index contributed by atoms with van der Waals surface area (Å²) in [7, 11) is 0.431. The topological polar surface area (TPSA) is 94.0 Å². The molecule has 28 heavy (non-hydrogen) atoms. The van der Waals surface area contributed by atoms with Crippen LogP contribution in [0.3, 0.4) is 0 Å². The van der Waals surface area contributed by atoms with Gasteiger partial charge in [-0.3, -0.25) is 4.57 Å². The summed E-state index contributed by atoms with van der Waals surface area (Å²) in [4.78, 5) is 20.0. The third-order valence-corrected chi connectivity index (χ3v) is 5.70. The highest BCUT2D eigenvalue weighted by Crippen LogP contribution is 2.35. The van der Waals surface area contributed by atoms with E-state index in [1.165, 1.54) is 0 Å². The molecule has 154 valence electrons. The van der Waals surface area contributed by atoms with Crippen LogP contribution >= 0.6 is 8.25 Å². The Labute approximate surface area is 165 Å². The maximum Gasteiger partial charge on any atom is 0.316 e. The Morgan fingerprint density at radius 3 is 2.71 bits per heavy atom. The smallest absolute Gasteiger partial charge is 0.316 e. The number of methoxy groups -OCH3 is 2. The number of aromatic nitrogens is 2. The van der Waals surface area contributed by atoms with Crippen molar-refractivity contribution in [2.45, 2.75) is 32.1 Å². The molecule has 1 N–H and O–H groups in total. The lowest BCUT2D eigenvalue weighted by Crippen LogP contribution is -2.25. The first-order chi connectivity index (χ1) is 13.6. The Morgan fingerprint density at radius 1 is 1.18 bits per heavy atom. The van der Waals surface area contributed by atoms with Gasteiger partial charge in [-0.15, -0.1) is 0 Å². The molecular formula is C19H28N3O5P. The van der Waals surface area contributed by atoms with E-state index in [0.29, 0.717) is 24.0 Å². The van der Waals surface area contributed by atoms with Gasteiger partial charge in [0.05, 0.1) is 26.3 Å². The summed E-state index contributed by atoms with van der Waals surface area (Å²) in [6.07, 6.45) is 6.72. The largest absolute Gasteiger partial charge is 0.493 e. The molecule has 1 fully saturated rings. The number of rotatable bonds is 8. The molecule has 1 aromatic heterocycles. The first kappa shape index (κ1) is 20.8. The summed E-state index contributed by atoms with van der Waals surface area (Å²) in [6, 6.07) is 3.83. The fraction of sp³-hybridized carbons (Fsp3) is 0.579. The molecule has 0 spiro atoms. The van der Waals surface area contributed by atoms with Crippen LogP contribution in [0.5, 0.6) is 11.5 Å². The predicted octanol–water partition coefficient (Wildman–Crippen LogP) is 3.43. The average Bonchev–Trinajstić information content (AvgIpc) is 2.95. The molecule has 0 saturated carbocycles. The second-order valence-electron chi connectivity index (χ2n) is 6.96. The zero-order valence-corrected chi connectivity index (χ0v) is 17.4. The Hall–Kier alpha value is -1.89. The fourth-order valence-corrected chi connectivity index (χ4v) is 4.14. The van der Waals surface area contributed by atoms with E-state index < -0.39 is 8.25 Å². The summed E-state index contributed by atoms with van der Waals surface area (Å²) in [5.41, 5.74) is 0.833. The quantitative estimate of drug-likeness (QED) is 0.524. The van der Waals surface area contributed by atoms with Gasteiger partial charge in [-0.2, -0.15) is 0 Å². The maximum atomic E-state index is 10.6. The van der Waals surface area contributed by atoms with Gasteiger partial charge in [-0.1, -0.05) is 0 Å². The van der Waals surface area contributed by atoms with Gasteiger partial charge in [0.2, 0.25) is 0 Å². The third-order valence-electron chi connectivity index (χ3n) is 5.25. The number of benzene rings is 1. The first-order valence-corrected chi connectivity index (χ1v) is 10.9. The zero-order valence-electron chi connectivity index (χ0n) is 16.4. The molecule has 0 radical (unpaired) electrons. The molecule has 0 aliphatic carbocycles. The molecule has 0 amide bonds. The van der Waals surface area contributed by atoms with Crippen LogP contribution in [0.1, 0.15) is 32.1 Å². The highest BCUT2D eigenvalue weighted by molar-refractivity contribution is 7.32. The molecule has 2 aromatic rings. The van der Waals surface area contributed by atoms with Gasteiger partial charge in [0.1, 0.15) is 12.1 Å². The van der Waals surface area contributed by atoms with Crippen LogP contribution in [-0.4, -0.2) is 48.8 Å². The van der Waals surface area contributed by atoms with Gasteiger partial charge in [-0.05, 0) is 44.1 Å². The summed E-state index contributed by atoms with van der Waals surface area (Å²) in [5.74, 6) is 2.84. The minimum Gasteiger partial charge on any atom is -0.493 e. The van der Waals surface area contributed by atoms with E-state index in [1.54, 1.807) is 20.5 Å². The van der Waals surface area contributed by atoms with Crippen LogP contribution in [0.25, 0.3) is 10.9 Å². The third kappa shape index (κ3) is 5.13. The molecule has 2 atom stereocenters. The molecule has 0 bridgehead atoms. The lowest BCUT2D eigenvalue weighted by molar-refractivity contribution is 0.262. The van der Waals surface area contributed by atoms with Gasteiger partial charge < -0.3 is 23.8 Å². The Bertz CT molecular complexity index is 820. The molecular weight excluding hydrogens is 381 g/mol. The van der Waals surface area contributed by atoms with Crippen molar-refractivity contribution in [3.8, 4) is 11.5 Å². The van der Waals surface area contributed by atoms with E-state index in [1.807, 2.05) is 12.1 Å². The standard InChI is InChI=1S/C19H28N3O5P/c1-25-17-11-15-16(12-18(17)26-2)20-13-21-19(15)22-8-3-5-14(7-9-22)6-4-10-27-28(23)24/h11-14,28H,3-10H2,1-2H3,(H,23,24). The maximum absolute atomic E-state index is 10.6. The Morgan fingerprint density at radius 2 is 1.96 bits per heavy atom. The first-order valence-electron chi connectivity index (χ1n) is 9.59. The lowest BCUT2D eigenvalue weighted by Gasteiger charge is -2.23. The monoisotopic (exact) mass is 409 g/mol. The minimum atomic E-state index is -2.81. The van der Waals surface area contributed by atoms with E-state index in [9.17, 15) is 4.57 Å². The van der Waals surface area contributed by atoms with Gasteiger partial charge in [0, 0.05) is 24.5 Å². The van der Waals surface area contributed by atoms with Crippen molar-refractivity contribution >= 4 is 25.0 Å². The van der Waals surface area contributed by atoms with Gasteiger partial charge >= 0.3 is 8.25 Å². The number of fused-ring (bicyclic) bond motifs is 1. The normalized spacial score (nSPS) is 18.7. The average molecular weight is 409 g/mol. The van der Waals surface area contributed by atoms with E-state index in [4.69, 9.17) is 18.9 Å². The van der Waals surface area contributed by atoms with Crippen molar-refractivity contribution in [3.63, 3.8) is 0 Å². The van der Waals surface area contributed by atoms with Gasteiger partial charge in [0.25, 0.3) is 0 Å². The van der Waals surface area contributed by atoms with Crippen molar-refractivity contribution < 1.29 is 23.5 Å². The van der Waals surface area contributed by atoms with Crippen molar-refractivity contribution in [2.24, 2.45) is 5.92 Å². The highest BCUT2D eigenvalue weighted by atomic mass is 31.1. The van der Waals surface area contributed by atoms with Crippen LogP contribution in [-0.2, 0) is 9.09 Å². The van der Waals surface area contributed by atoms with Crippen LogP contribution in [0.4, 0.5) is 5.82 Å². The van der Waals surface area contributed by atoms with Gasteiger partial charge in [-0.25, -0.2) is 9.97 Å². The molecule has 1 aliphatic heterocycles. The second-order valence-corrected chi connectivity index (χ2v) is 7.78. The van der Waals surface area contributed by atoms with Gasteiger partial charge in [0.15, 0.2) is 11.5 Å². The van der Waals surface area contributed by atoms with Crippen molar-refractivity contribution in [1.29, 1.82) is 0 Å². The Balaban J connectivity index is 1.71. The number of anilines is 1. The number of ether oxygens (including phenoxy) is 2. The highest BCUT2D eigenvalue weighted by Gasteiger charge is 2.20. The minimum absolute atomic E-state index is 0.354. The van der Waals surface area contributed by atoms with E-state index in [2.05, 4.69) is 14.9 Å². The van der Waals surface area contributed by atoms with E-state index in [0.717, 1.165) is 61.9 Å². The number of nitrogens with zero attached hydrogens (tertiary/aromatic N) is 3. The molecule has 3 rings (SSSR count). The summed E-state index contributed by atoms with van der Waals surface area (Å²) in [6.45, 7) is 2.22. The molecule has 9 heteroatoms. The van der Waals surface area contributed by atoms with Crippen molar-refractivity contribution in [1.82, 2.24) is 9.97 Å². The van der Waals surface area contributed by atoms with Crippen LogP contribution in [0.2, 0.25) is 0 Å². The molecule has 8 nitrogen and oxygen atoms in total. The zero-order chi connectivity index (χ0) is 19.9. The summed E-state index contributed by atoms with van der Waals surface area (Å²) >= 11 is 0. The molecule has 2 heterocycles. The fourth-order valence-electron chi connectivity index (χ4n) is 3.82. The molecule has 1 saturated heterocycles. The molecule has 1 aromatic carbocycles. The van der Waals surface area contributed by atoms with E-state index in [-0.39, 0.29) is 0 Å².